The highest BCUT2D eigenvalue weighted by Gasteiger charge is 2.28. The van der Waals surface area contributed by atoms with Crippen molar-refractivity contribution in [1.29, 1.82) is 0 Å². The Labute approximate surface area is 92.6 Å². The summed E-state index contributed by atoms with van der Waals surface area (Å²) in [5.74, 6) is -1.41. The van der Waals surface area contributed by atoms with E-state index >= 15 is 0 Å². The quantitative estimate of drug-likeness (QED) is 0.435. The molecule has 1 aromatic rings. The number of hydrogen-bond donors (Lipinski definition) is 2. The van der Waals surface area contributed by atoms with E-state index in [1.54, 1.807) is 0 Å². The fourth-order valence-corrected chi connectivity index (χ4v) is 1.34. The zero-order valence-electron chi connectivity index (χ0n) is 8.58. The van der Waals surface area contributed by atoms with Crippen molar-refractivity contribution in [3.63, 3.8) is 0 Å². The van der Waals surface area contributed by atoms with Crippen LogP contribution in [0.3, 0.4) is 0 Å². The minimum Gasteiger partial charge on any atom is -0.473 e. The molecule has 5 heteroatoms. The lowest BCUT2D eigenvalue weighted by molar-refractivity contribution is -0.135. The molecule has 84 valence electrons. The summed E-state index contributed by atoms with van der Waals surface area (Å²) < 4.78 is 0. The van der Waals surface area contributed by atoms with E-state index in [1.807, 2.05) is 30.3 Å². The van der Waals surface area contributed by atoms with Gasteiger partial charge in [0.05, 0.1) is 0 Å². The van der Waals surface area contributed by atoms with Gasteiger partial charge in [-0.2, -0.15) is 4.79 Å². The number of carboxylic acid groups (broad SMARTS) is 1. The number of aliphatic hydroxyl groups is 1. The summed E-state index contributed by atoms with van der Waals surface area (Å²) >= 11 is 0. The molecule has 1 atom stereocenters. The number of aryl methyl sites for hydroxylation is 1. The summed E-state index contributed by atoms with van der Waals surface area (Å²) in [6.45, 7) is 0. The Hall–Kier alpha value is -1.97. The van der Waals surface area contributed by atoms with Gasteiger partial charge in [0.25, 0.3) is 0 Å². The lowest BCUT2D eigenvalue weighted by atomic mass is 10.0. The van der Waals surface area contributed by atoms with E-state index in [1.165, 1.54) is 0 Å². The molecule has 2 N–H and O–H groups in total. The number of aliphatic carboxylic acids is 1. The van der Waals surface area contributed by atoms with Crippen LogP contribution < -0.4 is 0 Å². The van der Waals surface area contributed by atoms with Gasteiger partial charge in [-0.05, 0) is 18.4 Å². The van der Waals surface area contributed by atoms with Gasteiger partial charge in [0, 0.05) is 0 Å². The molecule has 1 unspecified atom stereocenters. The molecule has 0 aromatic heterocycles. The predicted octanol–water partition coefficient (Wildman–Crippen LogP) is 0.735. The summed E-state index contributed by atoms with van der Waals surface area (Å²) in [5, 5.41) is 18.1. The van der Waals surface area contributed by atoms with Crippen LogP contribution in [0.4, 0.5) is 0 Å². The molecule has 0 fully saturated rings. The lowest BCUT2D eigenvalue weighted by Crippen LogP contribution is -2.29. The molecule has 1 aromatic carbocycles. The molecule has 0 radical (unpaired) electrons. The standard InChI is InChI=1S/C11H12N2O3/c12-13-10(11(15)16)9(14)7-6-8-4-2-1-3-5-8/h1-5,9,14H,6-7H2,(H,15,16). The molecule has 0 aliphatic rings. The van der Waals surface area contributed by atoms with Gasteiger partial charge in [0.2, 0.25) is 0 Å². The van der Waals surface area contributed by atoms with Crippen LogP contribution in [0.5, 0.6) is 0 Å². The van der Waals surface area contributed by atoms with Crippen LogP contribution in [0.25, 0.3) is 5.53 Å². The van der Waals surface area contributed by atoms with Crippen molar-refractivity contribution in [2.45, 2.75) is 18.9 Å². The molecule has 0 heterocycles. The topological polar surface area (TPSA) is 93.9 Å². The average molecular weight is 220 g/mol. The van der Waals surface area contributed by atoms with Gasteiger partial charge in [0.15, 0.2) is 6.10 Å². The Morgan fingerprint density at radius 2 is 2.00 bits per heavy atom. The molecule has 1 rings (SSSR count). The molecule has 0 aliphatic heterocycles. The molecule has 0 aliphatic carbocycles. The van der Waals surface area contributed by atoms with Crippen LogP contribution >= 0.6 is 0 Å². The van der Waals surface area contributed by atoms with E-state index in [9.17, 15) is 9.90 Å². The van der Waals surface area contributed by atoms with Crippen molar-refractivity contribution in [2.75, 3.05) is 0 Å². The number of aliphatic hydroxyl groups excluding tert-OH is 1. The average Bonchev–Trinajstić information content (AvgIpc) is 2.28. The van der Waals surface area contributed by atoms with Crippen molar-refractivity contribution in [2.24, 2.45) is 0 Å². The number of carbonyl (C=O) groups is 1. The van der Waals surface area contributed by atoms with Gasteiger partial charge in [-0.25, -0.2) is 4.79 Å². The van der Waals surface area contributed by atoms with Crippen LogP contribution in [0.1, 0.15) is 12.0 Å². The van der Waals surface area contributed by atoms with Gasteiger partial charge >= 0.3 is 11.7 Å². The number of hydrogen-bond acceptors (Lipinski definition) is 2. The summed E-state index contributed by atoms with van der Waals surface area (Å²) in [6, 6.07) is 9.35. The number of carboxylic acids is 1. The van der Waals surface area contributed by atoms with Crippen molar-refractivity contribution >= 4 is 11.7 Å². The van der Waals surface area contributed by atoms with Gasteiger partial charge in [0.1, 0.15) is 0 Å². The zero-order valence-corrected chi connectivity index (χ0v) is 8.58. The predicted molar refractivity (Wildman–Crippen MR) is 57.0 cm³/mol. The molecule has 0 spiro atoms. The van der Waals surface area contributed by atoms with E-state index in [0.717, 1.165) is 5.56 Å². The normalized spacial score (nSPS) is 11.6. The Morgan fingerprint density at radius 1 is 1.38 bits per heavy atom. The van der Waals surface area contributed by atoms with E-state index in [0.29, 0.717) is 6.42 Å². The van der Waals surface area contributed by atoms with E-state index in [-0.39, 0.29) is 6.42 Å². The largest absolute Gasteiger partial charge is 0.473 e. The number of rotatable bonds is 5. The summed E-state index contributed by atoms with van der Waals surface area (Å²) in [5.41, 5.74) is 8.77. The molecule has 0 bridgehead atoms. The Bertz CT molecular complexity index is 410. The van der Waals surface area contributed by atoms with Crippen LogP contribution in [0.15, 0.2) is 30.3 Å². The van der Waals surface area contributed by atoms with Crippen molar-refractivity contribution in [3.05, 3.63) is 41.4 Å². The van der Waals surface area contributed by atoms with Crippen LogP contribution in [0.2, 0.25) is 0 Å². The van der Waals surface area contributed by atoms with Gasteiger partial charge in [-0.3, -0.25) is 0 Å². The van der Waals surface area contributed by atoms with Gasteiger partial charge in [-0.15, -0.1) is 0 Å². The molecular weight excluding hydrogens is 208 g/mol. The molecule has 0 saturated heterocycles. The lowest BCUT2D eigenvalue weighted by Gasteiger charge is -2.03. The van der Waals surface area contributed by atoms with E-state index in [2.05, 4.69) is 4.79 Å². The summed E-state index contributed by atoms with van der Waals surface area (Å²) in [7, 11) is 0. The summed E-state index contributed by atoms with van der Waals surface area (Å²) in [4.78, 5) is 13.1. The van der Waals surface area contributed by atoms with E-state index in [4.69, 9.17) is 10.6 Å². The van der Waals surface area contributed by atoms with Gasteiger partial charge < -0.3 is 15.7 Å². The Morgan fingerprint density at radius 3 is 2.50 bits per heavy atom. The highest BCUT2D eigenvalue weighted by Crippen LogP contribution is 2.05. The monoisotopic (exact) mass is 220 g/mol. The zero-order chi connectivity index (χ0) is 12.0. The smallest absolute Gasteiger partial charge is 0.417 e. The third-order valence-electron chi connectivity index (χ3n) is 2.19. The summed E-state index contributed by atoms with van der Waals surface area (Å²) in [6.07, 6.45) is -0.535. The maximum atomic E-state index is 10.5. The number of nitrogens with zero attached hydrogens (tertiary/aromatic N) is 2. The van der Waals surface area contributed by atoms with Crippen molar-refractivity contribution in [1.82, 2.24) is 0 Å². The first-order valence-electron chi connectivity index (χ1n) is 4.82. The highest BCUT2D eigenvalue weighted by atomic mass is 16.4. The Kier molecular flexibility index (Phi) is 4.39. The Balaban J connectivity index is 2.56. The van der Waals surface area contributed by atoms with Gasteiger partial charge in [-0.1, -0.05) is 30.3 Å². The minimum absolute atomic E-state index is 0.204. The first-order chi connectivity index (χ1) is 7.65. The van der Waals surface area contributed by atoms with Crippen LogP contribution in [-0.4, -0.2) is 32.8 Å². The first kappa shape index (κ1) is 12.1. The third-order valence-corrected chi connectivity index (χ3v) is 2.19. The maximum absolute atomic E-state index is 10.5. The van der Waals surface area contributed by atoms with Crippen LogP contribution in [0, 0.1) is 0 Å². The highest BCUT2D eigenvalue weighted by molar-refractivity contribution is 6.34. The molecule has 0 amide bonds. The van der Waals surface area contributed by atoms with Crippen LogP contribution in [-0.2, 0) is 11.2 Å². The molecule has 5 nitrogen and oxygen atoms in total. The van der Waals surface area contributed by atoms with Crippen molar-refractivity contribution < 1.29 is 19.8 Å². The minimum atomic E-state index is -1.41. The molecular formula is C11H12N2O3. The third kappa shape index (κ3) is 3.31. The first-order valence-corrected chi connectivity index (χ1v) is 4.82. The SMILES string of the molecule is [N-]=[N+]=C(C(=O)O)C(O)CCc1ccccc1. The second kappa shape index (κ2) is 5.80. The molecule has 0 saturated carbocycles. The van der Waals surface area contributed by atoms with Crippen molar-refractivity contribution in [3.8, 4) is 0 Å². The maximum Gasteiger partial charge on any atom is 0.417 e. The second-order valence-corrected chi connectivity index (χ2v) is 3.33. The fourth-order valence-electron chi connectivity index (χ4n) is 1.34. The van der Waals surface area contributed by atoms with E-state index < -0.39 is 17.8 Å². The fraction of sp³-hybridized carbons (Fsp3) is 0.273. The number of benzene rings is 1. The second-order valence-electron chi connectivity index (χ2n) is 3.33. The molecule has 16 heavy (non-hydrogen) atoms.